The highest BCUT2D eigenvalue weighted by atomic mass is 35.5. The Morgan fingerprint density at radius 1 is 1.30 bits per heavy atom. The molecule has 0 saturated carbocycles. The first-order valence-electron chi connectivity index (χ1n) is 8.00. The van der Waals surface area contributed by atoms with E-state index < -0.39 is 0 Å². The Morgan fingerprint density at radius 3 is 2.70 bits per heavy atom. The molecule has 5 nitrogen and oxygen atoms in total. The largest absolute Gasteiger partial charge is 0.347 e. The third-order valence-electron chi connectivity index (χ3n) is 3.75. The normalized spacial score (nSPS) is 12.1. The van der Waals surface area contributed by atoms with Crippen LogP contribution in [0.5, 0.6) is 0 Å². The smallest absolute Gasteiger partial charge is 0.246 e. The lowest BCUT2D eigenvalue weighted by Gasteiger charge is -2.13. The van der Waals surface area contributed by atoms with Crippen LogP contribution in [-0.4, -0.2) is 16.0 Å². The summed E-state index contributed by atoms with van der Waals surface area (Å²) in [5.41, 5.74) is 0.824. The number of rotatable bonds is 8. The maximum Gasteiger partial charge on any atom is 0.246 e. The van der Waals surface area contributed by atoms with Crippen LogP contribution in [0.2, 0.25) is 5.02 Å². The van der Waals surface area contributed by atoms with Gasteiger partial charge in [0.1, 0.15) is 0 Å². The monoisotopic (exact) mass is 335 g/mol. The predicted octanol–water partition coefficient (Wildman–Crippen LogP) is 4.22. The van der Waals surface area contributed by atoms with Crippen LogP contribution in [0.15, 0.2) is 28.8 Å². The molecule has 0 bridgehead atoms. The Morgan fingerprint density at radius 2 is 2.04 bits per heavy atom. The summed E-state index contributed by atoms with van der Waals surface area (Å²) >= 11 is 5.86. The van der Waals surface area contributed by atoms with Crippen LogP contribution in [0, 0.1) is 5.92 Å². The summed E-state index contributed by atoms with van der Waals surface area (Å²) in [4.78, 5) is 16.4. The van der Waals surface area contributed by atoms with Crippen molar-refractivity contribution in [3.05, 3.63) is 35.2 Å². The molecule has 1 aromatic carbocycles. The molecule has 124 valence electrons. The summed E-state index contributed by atoms with van der Waals surface area (Å²) in [6, 6.07) is 7.20. The van der Waals surface area contributed by atoms with Crippen LogP contribution >= 0.6 is 11.6 Å². The molecular weight excluding hydrogens is 314 g/mol. The van der Waals surface area contributed by atoms with Crippen molar-refractivity contribution in [3.63, 3.8) is 0 Å². The maximum absolute atomic E-state index is 12.2. The van der Waals surface area contributed by atoms with Gasteiger partial charge in [-0.1, -0.05) is 43.4 Å². The lowest BCUT2D eigenvalue weighted by molar-refractivity contribution is -0.125. The Kier molecular flexibility index (Phi) is 6.59. The molecule has 6 heteroatoms. The van der Waals surface area contributed by atoms with E-state index in [0.29, 0.717) is 16.7 Å². The predicted molar refractivity (Wildman–Crippen MR) is 89.9 cm³/mol. The van der Waals surface area contributed by atoms with Crippen molar-refractivity contribution in [2.24, 2.45) is 5.92 Å². The topological polar surface area (TPSA) is 68.0 Å². The van der Waals surface area contributed by atoms with E-state index in [2.05, 4.69) is 22.4 Å². The Hall–Kier alpha value is -1.88. The fraction of sp³-hybridized carbons (Fsp3) is 0.471. The van der Waals surface area contributed by atoms with Gasteiger partial charge < -0.3 is 9.84 Å². The van der Waals surface area contributed by atoms with Crippen LogP contribution in [0.1, 0.15) is 45.4 Å². The van der Waals surface area contributed by atoms with Gasteiger partial charge >= 0.3 is 0 Å². The van der Waals surface area contributed by atoms with Gasteiger partial charge in [-0.2, -0.15) is 4.98 Å². The second-order valence-electron chi connectivity index (χ2n) is 5.48. The average molecular weight is 336 g/mol. The Labute approximate surface area is 141 Å². The molecule has 2 rings (SSSR count). The molecule has 0 aliphatic rings. The first kappa shape index (κ1) is 17.5. The zero-order chi connectivity index (χ0) is 16.7. The average Bonchev–Trinajstić information content (AvgIpc) is 3.03. The quantitative estimate of drug-likeness (QED) is 0.784. The van der Waals surface area contributed by atoms with Crippen molar-refractivity contribution < 1.29 is 9.32 Å². The second-order valence-corrected chi connectivity index (χ2v) is 5.92. The summed E-state index contributed by atoms with van der Waals surface area (Å²) in [6.45, 7) is 4.41. The van der Waals surface area contributed by atoms with Gasteiger partial charge in [0.2, 0.25) is 17.6 Å². The van der Waals surface area contributed by atoms with Gasteiger partial charge in [0.25, 0.3) is 0 Å². The summed E-state index contributed by atoms with van der Waals surface area (Å²) in [6.07, 6.45) is 3.91. The molecule has 1 aromatic heterocycles. The lowest BCUT2D eigenvalue weighted by atomic mass is 9.98. The number of amides is 1. The zero-order valence-electron chi connectivity index (χ0n) is 13.5. The number of hydrogen-bond donors (Lipinski definition) is 1. The lowest BCUT2D eigenvalue weighted by Crippen LogP contribution is -2.30. The third-order valence-corrected chi connectivity index (χ3v) is 4.01. The fourth-order valence-electron chi connectivity index (χ4n) is 2.32. The molecule has 1 N–H and O–H groups in total. The highest BCUT2D eigenvalue weighted by Crippen LogP contribution is 2.18. The number of hydrogen-bond acceptors (Lipinski definition) is 4. The van der Waals surface area contributed by atoms with Crippen LogP contribution in [0.4, 0.5) is 0 Å². The van der Waals surface area contributed by atoms with E-state index in [9.17, 15) is 4.79 Å². The number of nitrogens with one attached hydrogen (secondary N) is 1. The molecule has 0 spiro atoms. The minimum absolute atomic E-state index is 0.0483. The molecule has 1 atom stereocenters. The second kappa shape index (κ2) is 8.67. The number of carbonyl (C=O) groups excluding carboxylic acids is 1. The molecule has 2 aromatic rings. The van der Waals surface area contributed by atoms with E-state index >= 15 is 0 Å². The number of benzene rings is 1. The summed E-state index contributed by atoms with van der Waals surface area (Å²) < 4.78 is 5.19. The van der Waals surface area contributed by atoms with Crippen LogP contribution in [0.25, 0.3) is 11.4 Å². The SMILES string of the molecule is CCCCC(CC)C(=O)NCc1nc(-c2ccc(Cl)cc2)no1. The number of carbonyl (C=O) groups is 1. The molecule has 1 heterocycles. The molecule has 1 amide bonds. The van der Waals surface area contributed by atoms with Crippen molar-refractivity contribution in [1.29, 1.82) is 0 Å². The molecular formula is C17H22ClN3O2. The first-order valence-corrected chi connectivity index (χ1v) is 8.38. The van der Waals surface area contributed by atoms with Crippen LogP contribution in [0.3, 0.4) is 0 Å². The first-order chi connectivity index (χ1) is 11.1. The molecule has 0 saturated heterocycles. The van der Waals surface area contributed by atoms with E-state index in [-0.39, 0.29) is 18.4 Å². The van der Waals surface area contributed by atoms with E-state index in [0.717, 1.165) is 31.2 Å². The van der Waals surface area contributed by atoms with E-state index in [1.807, 2.05) is 19.1 Å². The van der Waals surface area contributed by atoms with Crippen LogP contribution < -0.4 is 5.32 Å². The van der Waals surface area contributed by atoms with Crippen molar-refractivity contribution in [2.45, 2.75) is 46.1 Å². The van der Waals surface area contributed by atoms with Crippen molar-refractivity contribution in [2.75, 3.05) is 0 Å². The molecule has 0 radical (unpaired) electrons. The van der Waals surface area contributed by atoms with E-state index in [4.69, 9.17) is 16.1 Å². The van der Waals surface area contributed by atoms with Gasteiger partial charge in [0.15, 0.2) is 0 Å². The van der Waals surface area contributed by atoms with E-state index in [1.165, 1.54) is 0 Å². The molecule has 0 aliphatic heterocycles. The minimum atomic E-state index is 0.0483. The maximum atomic E-state index is 12.2. The molecule has 0 fully saturated rings. The van der Waals surface area contributed by atoms with Crippen molar-refractivity contribution in [3.8, 4) is 11.4 Å². The molecule has 0 aliphatic carbocycles. The van der Waals surface area contributed by atoms with E-state index in [1.54, 1.807) is 12.1 Å². The summed E-state index contributed by atoms with van der Waals surface area (Å²) in [5.74, 6) is 0.985. The van der Waals surface area contributed by atoms with Gasteiger partial charge in [0.05, 0.1) is 6.54 Å². The van der Waals surface area contributed by atoms with Gasteiger partial charge in [-0.3, -0.25) is 4.79 Å². The highest BCUT2D eigenvalue weighted by molar-refractivity contribution is 6.30. The number of aromatic nitrogens is 2. The summed E-state index contributed by atoms with van der Waals surface area (Å²) in [5, 5.41) is 7.46. The molecule has 23 heavy (non-hydrogen) atoms. The van der Waals surface area contributed by atoms with Crippen molar-refractivity contribution >= 4 is 17.5 Å². The Balaban J connectivity index is 1.91. The van der Waals surface area contributed by atoms with Gasteiger partial charge in [-0.05, 0) is 37.1 Å². The number of nitrogens with zero attached hydrogens (tertiary/aromatic N) is 2. The minimum Gasteiger partial charge on any atom is -0.347 e. The van der Waals surface area contributed by atoms with Gasteiger partial charge in [0, 0.05) is 16.5 Å². The summed E-state index contributed by atoms with van der Waals surface area (Å²) in [7, 11) is 0. The van der Waals surface area contributed by atoms with Gasteiger partial charge in [-0.25, -0.2) is 0 Å². The van der Waals surface area contributed by atoms with Gasteiger partial charge in [-0.15, -0.1) is 0 Å². The van der Waals surface area contributed by atoms with Crippen molar-refractivity contribution in [1.82, 2.24) is 15.5 Å². The standard InChI is InChI=1S/C17H22ClN3O2/c1-3-5-6-12(4-2)17(22)19-11-15-20-16(21-23-15)13-7-9-14(18)10-8-13/h7-10,12H,3-6,11H2,1-2H3,(H,19,22). The third kappa shape index (κ3) is 5.06. The number of unbranched alkanes of at least 4 members (excludes halogenated alkanes) is 1. The zero-order valence-corrected chi connectivity index (χ0v) is 14.3. The van der Waals surface area contributed by atoms with Crippen LogP contribution in [-0.2, 0) is 11.3 Å². The number of halogens is 1. The fourth-order valence-corrected chi connectivity index (χ4v) is 2.45. The Bertz CT molecular complexity index is 625. The molecule has 1 unspecified atom stereocenters. The highest BCUT2D eigenvalue weighted by Gasteiger charge is 2.16.